The molecule has 0 atom stereocenters. The molecule has 2 nitrogen and oxygen atoms in total. The highest BCUT2D eigenvalue weighted by atomic mass is 19.4. The Balaban J connectivity index is 2.28. The molecule has 0 amide bonds. The molecule has 1 aromatic rings. The van der Waals surface area contributed by atoms with Crippen molar-refractivity contribution in [2.75, 3.05) is 23.7 Å². The van der Waals surface area contributed by atoms with Crippen molar-refractivity contribution in [1.82, 2.24) is 0 Å². The van der Waals surface area contributed by atoms with Crippen molar-refractivity contribution in [3.63, 3.8) is 0 Å². The van der Waals surface area contributed by atoms with E-state index in [9.17, 15) is 13.2 Å². The summed E-state index contributed by atoms with van der Waals surface area (Å²) in [6.45, 7) is -0.459. The lowest BCUT2D eigenvalue weighted by Crippen LogP contribution is -2.37. The summed E-state index contributed by atoms with van der Waals surface area (Å²) < 4.78 is 37.1. The average molecular weight is 230 g/mol. The largest absolute Gasteiger partial charge is 0.405 e. The Hall–Kier alpha value is -1.39. The van der Waals surface area contributed by atoms with Gasteiger partial charge in [-0.3, -0.25) is 0 Å². The van der Waals surface area contributed by atoms with E-state index in [1.54, 1.807) is 12.1 Å². The molecule has 0 radical (unpaired) electrons. The Morgan fingerprint density at radius 1 is 1.31 bits per heavy atom. The third-order valence-corrected chi connectivity index (χ3v) is 2.69. The van der Waals surface area contributed by atoms with Gasteiger partial charge in [0.25, 0.3) is 0 Å². The first-order valence-corrected chi connectivity index (χ1v) is 5.16. The van der Waals surface area contributed by atoms with Gasteiger partial charge in [0.2, 0.25) is 0 Å². The Morgan fingerprint density at radius 3 is 2.75 bits per heavy atom. The molecule has 0 spiro atoms. The first-order valence-electron chi connectivity index (χ1n) is 5.16. The third-order valence-electron chi connectivity index (χ3n) is 2.69. The number of halogens is 3. The summed E-state index contributed by atoms with van der Waals surface area (Å²) in [4.78, 5) is 1.36. The molecule has 0 aromatic heterocycles. The Kier molecular flexibility index (Phi) is 2.69. The number of nitrogens with two attached hydrogens (primary N) is 1. The van der Waals surface area contributed by atoms with Crippen molar-refractivity contribution >= 4 is 11.4 Å². The summed E-state index contributed by atoms with van der Waals surface area (Å²) in [5.41, 5.74) is 7.68. The van der Waals surface area contributed by atoms with Crippen LogP contribution in [0.4, 0.5) is 24.5 Å². The zero-order chi connectivity index (χ0) is 11.8. The van der Waals surface area contributed by atoms with Crippen molar-refractivity contribution in [3.8, 4) is 0 Å². The normalized spacial score (nSPS) is 16.1. The Morgan fingerprint density at radius 2 is 2.06 bits per heavy atom. The van der Waals surface area contributed by atoms with Gasteiger partial charge >= 0.3 is 6.18 Å². The molecule has 2 rings (SSSR count). The Bertz CT molecular complexity index is 387. The molecule has 0 bridgehead atoms. The fraction of sp³-hybridized carbons (Fsp3) is 0.455. The van der Waals surface area contributed by atoms with Crippen LogP contribution in [0, 0.1) is 0 Å². The predicted molar refractivity (Wildman–Crippen MR) is 57.4 cm³/mol. The lowest BCUT2D eigenvalue weighted by Gasteiger charge is -2.32. The van der Waals surface area contributed by atoms with Crippen LogP contribution in [0.15, 0.2) is 18.2 Å². The zero-order valence-electron chi connectivity index (χ0n) is 8.72. The van der Waals surface area contributed by atoms with E-state index in [0.717, 1.165) is 18.4 Å². The number of hydrogen-bond donors (Lipinski definition) is 1. The van der Waals surface area contributed by atoms with Crippen LogP contribution in [-0.4, -0.2) is 19.3 Å². The number of rotatable bonds is 1. The molecule has 1 aliphatic heterocycles. The van der Waals surface area contributed by atoms with Crippen molar-refractivity contribution in [3.05, 3.63) is 23.8 Å². The lowest BCUT2D eigenvalue weighted by molar-refractivity contribution is -0.119. The first kappa shape index (κ1) is 11.1. The van der Waals surface area contributed by atoms with Gasteiger partial charge in [-0.2, -0.15) is 13.2 Å². The lowest BCUT2D eigenvalue weighted by atomic mass is 10.0. The molecule has 5 heteroatoms. The summed E-state index contributed by atoms with van der Waals surface area (Å²) in [7, 11) is 0. The van der Waals surface area contributed by atoms with E-state index in [0.29, 0.717) is 17.9 Å². The molecule has 0 fully saturated rings. The molecule has 88 valence electrons. The highest BCUT2D eigenvalue weighted by molar-refractivity contribution is 5.62. The van der Waals surface area contributed by atoms with Gasteiger partial charge < -0.3 is 10.6 Å². The molecule has 0 saturated heterocycles. The molecule has 1 heterocycles. The number of hydrogen-bond acceptors (Lipinski definition) is 2. The molecule has 1 aliphatic rings. The maximum atomic E-state index is 12.4. The second-order valence-electron chi connectivity index (χ2n) is 4.03. The van der Waals surface area contributed by atoms with E-state index in [4.69, 9.17) is 5.73 Å². The van der Waals surface area contributed by atoms with Gasteiger partial charge in [0.1, 0.15) is 6.54 Å². The number of nitrogen functional groups attached to an aromatic ring is 1. The zero-order valence-corrected chi connectivity index (χ0v) is 8.72. The maximum absolute atomic E-state index is 12.4. The summed E-state index contributed by atoms with van der Waals surface area (Å²) in [6.07, 6.45) is -2.59. The average Bonchev–Trinajstić information content (AvgIpc) is 2.17. The number of benzene rings is 1. The minimum Gasteiger partial charge on any atom is -0.399 e. The third kappa shape index (κ3) is 2.40. The maximum Gasteiger partial charge on any atom is 0.405 e. The van der Waals surface area contributed by atoms with Crippen LogP contribution in [0.3, 0.4) is 0 Å². The van der Waals surface area contributed by atoms with Crippen molar-refractivity contribution < 1.29 is 13.2 Å². The number of fused-ring (bicyclic) bond motifs is 1. The highest BCUT2D eigenvalue weighted by Crippen LogP contribution is 2.31. The van der Waals surface area contributed by atoms with Gasteiger partial charge in [0, 0.05) is 17.9 Å². The van der Waals surface area contributed by atoms with Gasteiger partial charge in [0.05, 0.1) is 0 Å². The second kappa shape index (κ2) is 3.88. The van der Waals surface area contributed by atoms with Gasteiger partial charge in [-0.05, 0) is 30.5 Å². The van der Waals surface area contributed by atoms with E-state index in [-0.39, 0.29) is 0 Å². The molecular weight excluding hydrogens is 217 g/mol. The fourth-order valence-electron chi connectivity index (χ4n) is 2.05. The molecule has 0 saturated carbocycles. The van der Waals surface area contributed by atoms with Crippen LogP contribution in [0.5, 0.6) is 0 Å². The van der Waals surface area contributed by atoms with Gasteiger partial charge in [-0.1, -0.05) is 6.07 Å². The minimum atomic E-state index is -4.17. The quantitative estimate of drug-likeness (QED) is 0.751. The van der Waals surface area contributed by atoms with Crippen molar-refractivity contribution in [2.45, 2.75) is 19.0 Å². The minimum absolute atomic E-state index is 0.440. The van der Waals surface area contributed by atoms with Crippen molar-refractivity contribution in [2.24, 2.45) is 0 Å². The van der Waals surface area contributed by atoms with Gasteiger partial charge in [-0.25, -0.2) is 0 Å². The number of anilines is 2. The van der Waals surface area contributed by atoms with Gasteiger partial charge in [-0.15, -0.1) is 0 Å². The summed E-state index contributed by atoms with van der Waals surface area (Å²) >= 11 is 0. The van der Waals surface area contributed by atoms with Crippen LogP contribution >= 0.6 is 0 Å². The van der Waals surface area contributed by atoms with Crippen LogP contribution in [0.2, 0.25) is 0 Å². The fourth-order valence-corrected chi connectivity index (χ4v) is 2.05. The van der Waals surface area contributed by atoms with E-state index >= 15 is 0 Å². The van der Waals surface area contributed by atoms with E-state index in [1.807, 2.05) is 6.07 Å². The molecular formula is C11H13F3N2. The topological polar surface area (TPSA) is 29.3 Å². The molecule has 1 aromatic carbocycles. The molecule has 2 N–H and O–H groups in total. The van der Waals surface area contributed by atoms with E-state index < -0.39 is 12.7 Å². The monoisotopic (exact) mass is 230 g/mol. The number of nitrogens with zero attached hydrogens (tertiary/aromatic N) is 1. The standard InChI is InChI=1S/C11H13F3N2/c12-11(13,14)7-16-5-1-2-8-3-4-9(15)6-10(8)16/h3-4,6H,1-2,5,7,15H2. The smallest absolute Gasteiger partial charge is 0.399 e. The van der Waals surface area contributed by atoms with E-state index in [2.05, 4.69) is 0 Å². The second-order valence-corrected chi connectivity index (χ2v) is 4.03. The van der Waals surface area contributed by atoms with E-state index in [1.165, 1.54) is 4.90 Å². The van der Waals surface area contributed by atoms with Crippen LogP contribution in [-0.2, 0) is 6.42 Å². The molecule has 0 unspecified atom stereocenters. The summed E-state index contributed by atoms with van der Waals surface area (Å²) in [5.74, 6) is 0. The van der Waals surface area contributed by atoms with Crippen LogP contribution < -0.4 is 10.6 Å². The van der Waals surface area contributed by atoms with Gasteiger partial charge in [0.15, 0.2) is 0 Å². The van der Waals surface area contributed by atoms with Crippen LogP contribution in [0.25, 0.3) is 0 Å². The number of alkyl halides is 3. The SMILES string of the molecule is Nc1ccc2c(c1)N(CC(F)(F)F)CCC2. The summed E-state index contributed by atoms with van der Waals surface area (Å²) in [5, 5.41) is 0. The summed E-state index contributed by atoms with van der Waals surface area (Å²) in [6, 6.07) is 5.17. The molecule has 0 aliphatic carbocycles. The van der Waals surface area contributed by atoms with Crippen molar-refractivity contribution in [1.29, 1.82) is 0 Å². The predicted octanol–water partition coefficient (Wildman–Crippen LogP) is 2.58. The highest BCUT2D eigenvalue weighted by Gasteiger charge is 2.32. The number of aryl methyl sites for hydroxylation is 1. The Labute approximate surface area is 91.8 Å². The molecule has 16 heavy (non-hydrogen) atoms. The first-order chi connectivity index (χ1) is 7.46. The van der Waals surface area contributed by atoms with Crippen LogP contribution in [0.1, 0.15) is 12.0 Å².